The molecule has 0 bridgehead atoms. The van der Waals surface area contributed by atoms with Crippen LogP contribution in [0.4, 0.5) is 0 Å². The number of ether oxygens (including phenoxy) is 2. The van der Waals surface area contributed by atoms with Crippen LogP contribution in [0.25, 0.3) is 21.7 Å². The molecule has 5 aromatic rings. The van der Waals surface area contributed by atoms with Gasteiger partial charge >= 0.3 is 11.6 Å². The van der Waals surface area contributed by atoms with E-state index in [-0.39, 0.29) is 24.6 Å². The highest BCUT2D eigenvalue weighted by molar-refractivity contribution is 5.86. The van der Waals surface area contributed by atoms with Crippen LogP contribution in [0.1, 0.15) is 22.3 Å². The van der Waals surface area contributed by atoms with Gasteiger partial charge in [0.25, 0.3) is 0 Å². The molecule has 0 aliphatic carbocycles. The molecule has 5 nitrogen and oxygen atoms in total. The van der Waals surface area contributed by atoms with E-state index in [1.54, 1.807) is 6.07 Å². The van der Waals surface area contributed by atoms with Gasteiger partial charge in [-0.25, -0.2) is 4.79 Å². The Kier molecular flexibility index (Phi) is 6.31. The molecule has 0 unspecified atom stereocenters. The van der Waals surface area contributed by atoms with Gasteiger partial charge in [-0.15, -0.1) is 0 Å². The van der Waals surface area contributed by atoms with Gasteiger partial charge in [-0.1, -0.05) is 66.7 Å². The second kappa shape index (κ2) is 9.85. The summed E-state index contributed by atoms with van der Waals surface area (Å²) in [6, 6.07) is 28.6. The van der Waals surface area contributed by atoms with Gasteiger partial charge in [0.2, 0.25) is 0 Å². The largest absolute Gasteiger partial charge is 0.489 e. The summed E-state index contributed by atoms with van der Waals surface area (Å²) in [5.74, 6) is 0.321. The minimum absolute atomic E-state index is 0.180. The first-order chi connectivity index (χ1) is 17.0. The zero-order valence-electron chi connectivity index (χ0n) is 19.3. The first kappa shape index (κ1) is 22.4. The maximum atomic E-state index is 12.5. The van der Waals surface area contributed by atoms with Crippen LogP contribution < -0.4 is 10.4 Å². The van der Waals surface area contributed by atoms with Crippen molar-refractivity contribution in [2.75, 3.05) is 0 Å². The van der Waals surface area contributed by atoms with Gasteiger partial charge in [-0.3, -0.25) is 4.79 Å². The minimum atomic E-state index is -0.382. The smallest absolute Gasteiger partial charge is 0.336 e. The fourth-order valence-corrected chi connectivity index (χ4v) is 4.19. The molecule has 0 aliphatic heterocycles. The molecule has 1 aromatic heterocycles. The van der Waals surface area contributed by atoms with E-state index in [9.17, 15) is 9.59 Å². The number of fused-ring (bicyclic) bond motifs is 2. The number of hydrogen-bond acceptors (Lipinski definition) is 5. The number of esters is 1. The van der Waals surface area contributed by atoms with Crippen molar-refractivity contribution in [1.82, 2.24) is 0 Å². The molecule has 0 saturated heterocycles. The summed E-state index contributed by atoms with van der Waals surface area (Å²) in [6.07, 6.45) is 0.180. The van der Waals surface area contributed by atoms with Crippen LogP contribution in [0.5, 0.6) is 5.75 Å². The first-order valence-corrected chi connectivity index (χ1v) is 11.4. The van der Waals surface area contributed by atoms with Gasteiger partial charge < -0.3 is 13.9 Å². The average Bonchev–Trinajstić information content (AvgIpc) is 2.86. The average molecular weight is 465 g/mol. The highest BCUT2D eigenvalue weighted by atomic mass is 16.5. The summed E-state index contributed by atoms with van der Waals surface area (Å²) in [4.78, 5) is 24.2. The van der Waals surface area contributed by atoms with Crippen molar-refractivity contribution in [1.29, 1.82) is 0 Å². The molecule has 0 fully saturated rings. The van der Waals surface area contributed by atoms with Crippen LogP contribution in [0.15, 0.2) is 100 Å². The van der Waals surface area contributed by atoms with Crippen molar-refractivity contribution in [2.45, 2.75) is 26.6 Å². The summed E-state index contributed by atoms with van der Waals surface area (Å²) in [5, 5.41) is 3.09. The molecular weight excluding hydrogens is 440 g/mol. The normalized spacial score (nSPS) is 11.0. The lowest BCUT2D eigenvalue weighted by Crippen LogP contribution is -2.08. The zero-order chi connectivity index (χ0) is 24.2. The highest BCUT2D eigenvalue weighted by Gasteiger charge is 2.09. The van der Waals surface area contributed by atoms with E-state index in [1.165, 1.54) is 6.07 Å². The molecule has 1 heterocycles. The lowest BCUT2D eigenvalue weighted by molar-refractivity contribution is -0.144. The number of carbonyl (C=O) groups is 1. The molecule has 5 heteroatoms. The van der Waals surface area contributed by atoms with Gasteiger partial charge in [0.05, 0.1) is 6.42 Å². The first-order valence-electron chi connectivity index (χ1n) is 11.4. The van der Waals surface area contributed by atoms with Crippen LogP contribution >= 0.6 is 0 Å². The molecule has 0 amide bonds. The molecule has 4 aromatic carbocycles. The lowest BCUT2D eigenvalue weighted by Gasteiger charge is -2.10. The molecule has 5 rings (SSSR count). The third kappa shape index (κ3) is 5.25. The standard InChI is InChI=1S/C30H24O5/c1-20-14-30(32)35-28-17-25(12-13-26(20)28)33-18-22-7-4-6-21(15-22)16-29(31)34-19-24-10-5-9-23-8-2-3-11-27(23)24/h2-15,17H,16,18-19H2,1H3. The van der Waals surface area contributed by atoms with Crippen LogP contribution in [0, 0.1) is 6.92 Å². The highest BCUT2D eigenvalue weighted by Crippen LogP contribution is 2.23. The lowest BCUT2D eigenvalue weighted by atomic mass is 10.1. The fourth-order valence-electron chi connectivity index (χ4n) is 4.19. The number of rotatable bonds is 7. The maximum absolute atomic E-state index is 12.5. The second-order valence-corrected chi connectivity index (χ2v) is 8.49. The zero-order valence-corrected chi connectivity index (χ0v) is 19.3. The predicted molar refractivity (Wildman–Crippen MR) is 135 cm³/mol. The molecule has 0 N–H and O–H groups in total. The third-order valence-electron chi connectivity index (χ3n) is 5.94. The molecule has 174 valence electrons. The number of benzene rings is 4. The van der Waals surface area contributed by atoms with Crippen molar-refractivity contribution in [3.63, 3.8) is 0 Å². The van der Waals surface area contributed by atoms with E-state index in [4.69, 9.17) is 13.9 Å². The Morgan fingerprint density at radius 3 is 2.51 bits per heavy atom. The van der Waals surface area contributed by atoms with Crippen molar-refractivity contribution in [3.05, 3.63) is 124 Å². The van der Waals surface area contributed by atoms with E-state index in [2.05, 4.69) is 0 Å². The number of hydrogen-bond donors (Lipinski definition) is 0. The van der Waals surface area contributed by atoms with Crippen molar-refractivity contribution in [2.24, 2.45) is 0 Å². The van der Waals surface area contributed by atoms with E-state index in [0.29, 0.717) is 17.9 Å². The van der Waals surface area contributed by atoms with E-state index < -0.39 is 0 Å². The molecular formula is C30H24O5. The molecule has 0 spiro atoms. The van der Waals surface area contributed by atoms with Crippen LogP contribution in [-0.4, -0.2) is 5.97 Å². The molecule has 35 heavy (non-hydrogen) atoms. The summed E-state index contributed by atoms with van der Waals surface area (Å²) >= 11 is 0. The Bertz CT molecular complexity index is 1580. The number of aryl methyl sites for hydroxylation is 1. The van der Waals surface area contributed by atoms with E-state index in [0.717, 1.165) is 38.4 Å². The van der Waals surface area contributed by atoms with Gasteiger partial charge in [-0.05, 0) is 52.1 Å². The van der Waals surface area contributed by atoms with Gasteiger partial charge in [0.1, 0.15) is 24.5 Å². The Labute approximate surface area is 202 Å². The summed E-state index contributed by atoms with van der Waals surface area (Å²) < 4.78 is 16.8. The fraction of sp³-hybridized carbons (Fsp3) is 0.133. The quantitative estimate of drug-likeness (QED) is 0.214. The van der Waals surface area contributed by atoms with Crippen LogP contribution in [0.2, 0.25) is 0 Å². The van der Waals surface area contributed by atoms with Crippen LogP contribution in [0.3, 0.4) is 0 Å². The minimum Gasteiger partial charge on any atom is -0.489 e. The van der Waals surface area contributed by atoms with Gasteiger partial charge in [-0.2, -0.15) is 0 Å². The molecule has 0 radical (unpaired) electrons. The Hall–Kier alpha value is -4.38. The van der Waals surface area contributed by atoms with Crippen molar-refractivity contribution < 1.29 is 18.7 Å². The van der Waals surface area contributed by atoms with Crippen molar-refractivity contribution in [3.8, 4) is 5.75 Å². The van der Waals surface area contributed by atoms with Crippen LogP contribution in [-0.2, 0) is 29.2 Å². The summed E-state index contributed by atoms with van der Waals surface area (Å²) in [5.41, 5.74) is 3.74. The SMILES string of the molecule is Cc1cc(=O)oc2cc(OCc3cccc(CC(=O)OCc4cccc5ccccc45)c3)ccc12. The Morgan fingerprint density at radius 1 is 0.800 bits per heavy atom. The Balaban J connectivity index is 1.21. The molecule has 0 saturated carbocycles. The summed E-state index contributed by atoms with van der Waals surface area (Å²) in [6.45, 7) is 2.43. The molecule has 0 aliphatic rings. The maximum Gasteiger partial charge on any atom is 0.336 e. The van der Waals surface area contributed by atoms with Gasteiger partial charge in [0.15, 0.2) is 0 Å². The van der Waals surface area contributed by atoms with E-state index in [1.807, 2.05) is 85.8 Å². The van der Waals surface area contributed by atoms with E-state index >= 15 is 0 Å². The third-order valence-corrected chi connectivity index (χ3v) is 5.94. The second-order valence-electron chi connectivity index (χ2n) is 8.49. The Morgan fingerprint density at radius 2 is 1.60 bits per heavy atom. The number of carbonyl (C=O) groups excluding carboxylic acids is 1. The molecule has 0 atom stereocenters. The topological polar surface area (TPSA) is 65.7 Å². The van der Waals surface area contributed by atoms with Crippen molar-refractivity contribution >= 4 is 27.7 Å². The summed E-state index contributed by atoms with van der Waals surface area (Å²) in [7, 11) is 0. The monoisotopic (exact) mass is 464 g/mol. The predicted octanol–water partition coefficient (Wildman–Crippen LogP) is 6.12. The van der Waals surface area contributed by atoms with Gasteiger partial charge in [0, 0.05) is 17.5 Å².